The lowest BCUT2D eigenvalue weighted by Crippen LogP contribution is -2.31. The van der Waals surface area contributed by atoms with E-state index >= 15 is 0 Å². The van der Waals surface area contributed by atoms with Gasteiger partial charge < -0.3 is 21.1 Å². The number of hydrogen-bond donors (Lipinski definition) is 4. The molecule has 0 radical (unpaired) electrons. The fourth-order valence-electron chi connectivity index (χ4n) is 2.95. The molecule has 0 spiro atoms. The molecule has 5 N–H and O–H groups in total. The summed E-state index contributed by atoms with van der Waals surface area (Å²) in [7, 11) is 0. The van der Waals surface area contributed by atoms with E-state index < -0.39 is 0 Å². The van der Waals surface area contributed by atoms with E-state index in [9.17, 15) is 5.11 Å². The minimum atomic E-state index is -0.309. The van der Waals surface area contributed by atoms with Crippen LogP contribution in [0.1, 0.15) is 51.5 Å². The molecule has 0 aliphatic carbocycles. The fraction of sp³-hybridized carbons (Fsp3) is 0.684. The molecule has 0 fully saturated rings. The normalized spacial score (nSPS) is 14.0. The number of unbranched alkanes of at least 4 members (excludes halogenated alkanes) is 4. The molecule has 26 heavy (non-hydrogen) atoms. The fourth-order valence-corrected chi connectivity index (χ4v) is 4.22. The molecule has 146 valence electrons. The van der Waals surface area contributed by atoms with Gasteiger partial charge in [-0.25, -0.2) is 9.97 Å². The van der Waals surface area contributed by atoms with Crippen molar-refractivity contribution in [2.45, 2.75) is 58.6 Å². The number of aliphatic hydroxyl groups excluding tert-OH is 1. The molecule has 6 nitrogen and oxygen atoms in total. The Labute approximate surface area is 160 Å². The van der Waals surface area contributed by atoms with E-state index in [1.54, 1.807) is 0 Å². The maximum atomic E-state index is 10.1. The molecular weight excluding hydrogens is 346 g/mol. The van der Waals surface area contributed by atoms with Crippen LogP contribution in [-0.2, 0) is 6.54 Å². The first-order valence-electron chi connectivity index (χ1n) is 9.66. The summed E-state index contributed by atoms with van der Waals surface area (Å²) >= 11 is 1.96. The Morgan fingerprint density at radius 1 is 1.27 bits per heavy atom. The molecule has 0 saturated carbocycles. The molecule has 0 aliphatic rings. The summed E-state index contributed by atoms with van der Waals surface area (Å²) in [4.78, 5) is 11.4. The van der Waals surface area contributed by atoms with E-state index in [0.29, 0.717) is 12.4 Å². The molecule has 0 unspecified atom stereocenters. The van der Waals surface area contributed by atoms with Gasteiger partial charge in [-0.3, -0.25) is 0 Å². The number of aromatic amines is 1. The summed E-state index contributed by atoms with van der Waals surface area (Å²) in [5.74, 6) is 2.89. The van der Waals surface area contributed by atoms with Crippen LogP contribution in [0.5, 0.6) is 0 Å². The SMILES string of the molecule is CCCCCCCSC[C@@H](CNCc1c[nH]c2c(N)ncnc12)[C@@H](C)O. The molecule has 0 bridgehead atoms. The number of H-pyrrole nitrogens is 1. The van der Waals surface area contributed by atoms with Crippen molar-refractivity contribution in [2.24, 2.45) is 5.92 Å². The van der Waals surface area contributed by atoms with Gasteiger partial charge in [0.25, 0.3) is 0 Å². The van der Waals surface area contributed by atoms with Crippen molar-refractivity contribution in [1.82, 2.24) is 20.3 Å². The Balaban J connectivity index is 1.71. The molecular formula is C19H33N5OS. The van der Waals surface area contributed by atoms with Crippen molar-refractivity contribution in [3.63, 3.8) is 0 Å². The van der Waals surface area contributed by atoms with E-state index in [1.165, 1.54) is 44.2 Å². The van der Waals surface area contributed by atoms with Crippen molar-refractivity contribution >= 4 is 28.6 Å². The number of nitrogens with two attached hydrogens (primary N) is 1. The zero-order valence-corrected chi connectivity index (χ0v) is 16.8. The number of nitrogens with zero attached hydrogens (tertiary/aromatic N) is 2. The maximum Gasteiger partial charge on any atom is 0.151 e. The van der Waals surface area contributed by atoms with Gasteiger partial charge in [0.1, 0.15) is 11.8 Å². The third kappa shape index (κ3) is 6.45. The third-order valence-electron chi connectivity index (χ3n) is 4.70. The molecule has 2 aromatic rings. The lowest BCUT2D eigenvalue weighted by molar-refractivity contribution is 0.136. The van der Waals surface area contributed by atoms with Crippen molar-refractivity contribution in [1.29, 1.82) is 0 Å². The number of hydrogen-bond acceptors (Lipinski definition) is 6. The predicted octanol–water partition coefficient (Wildman–Crippen LogP) is 3.33. The molecule has 7 heteroatoms. The average Bonchev–Trinajstić information content (AvgIpc) is 3.03. The number of aromatic nitrogens is 3. The van der Waals surface area contributed by atoms with Crippen molar-refractivity contribution in [3.05, 3.63) is 18.1 Å². The van der Waals surface area contributed by atoms with Gasteiger partial charge in [-0.15, -0.1) is 0 Å². The zero-order valence-electron chi connectivity index (χ0n) is 16.0. The second-order valence-corrected chi connectivity index (χ2v) is 8.07. The first-order chi connectivity index (χ1) is 12.6. The topological polar surface area (TPSA) is 99.9 Å². The second kappa shape index (κ2) is 11.4. The molecule has 2 heterocycles. The van der Waals surface area contributed by atoms with Gasteiger partial charge in [-0.05, 0) is 24.9 Å². The van der Waals surface area contributed by atoms with Gasteiger partial charge in [0.05, 0.1) is 11.6 Å². The van der Waals surface area contributed by atoms with Crippen LogP contribution >= 0.6 is 11.8 Å². The Kier molecular flexibility index (Phi) is 9.22. The van der Waals surface area contributed by atoms with Crippen LogP contribution in [0.3, 0.4) is 0 Å². The van der Waals surface area contributed by atoms with Crippen LogP contribution in [0.15, 0.2) is 12.5 Å². The lowest BCUT2D eigenvalue weighted by atomic mass is 10.1. The minimum absolute atomic E-state index is 0.251. The highest BCUT2D eigenvalue weighted by Crippen LogP contribution is 2.19. The van der Waals surface area contributed by atoms with Crippen LogP contribution in [0.25, 0.3) is 11.0 Å². The molecule has 0 aliphatic heterocycles. The smallest absolute Gasteiger partial charge is 0.151 e. The van der Waals surface area contributed by atoms with Gasteiger partial charge in [0.2, 0.25) is 0 Å². The van der Waals surface area contributed by atoms with Gasteiger partial charge in [-0.1, -0.05) is 32.6 Å². The van der Waals surface area contributed by atoms with Gasteiger partial charge in [0, 0.05) is 30.8 Å². The number of aliphatic hydroxyl groups is 1. The Morgan fingerprint density at radius 2 is 2.08 bits per heavy atom. The van der Waals surface area contributed by atoms with E-state index in [1.807, 2.05) is 24.9 Å². The second-order valence-electron chi connectivity index (χ2n) is 6.92. The van der Waals surface area contributed by atoms with Crippen molar-refractivity contribution < 1.29 is 5.11 Å². The number of nitrogens with one attached hydrogen (secondary N) is 2. The van der Waals surface area contributed by atoms with Gasteiger partial charge in [-0.2, -0.15) is 11.8 Å². The van der Waals surface area contributed by atoms with Gasteiger partial charge >= 0.3 is 0 Å². The number of anilines is 1. The summed E-state index contributed by atoms with van der Waals surface area (Å²) in [6, 6.07) is 0. The predicted molar refractivity (Wildman–Crippen MR) is 111 cm³/mol. The molecule has 2 aromatic heterocycles. The molecule has 0 saturated heterocycles. The van der Waals surface area contributed by atoms with Crippen LogP contribution in [0.2, 0.25) is 0 Å². The van der Waals surface area contributed by atoms with E-state index in [2.05, 4.69) is 27.2 Å². The summed E-state index contributed by atoms with van der Waals surface area (Å²) in [6.45, 7) is 5.61. The Hall–Kier alpha value is -1.31. The average molecular weight is 380 g/mol. The van der Waals surface area contributed by atoms with E-state index in [-0.39, 0.29) is 12.0 Å². The monoisotopic (exact) mass is 379 g/mol. The van der Waals surface area contributed by atoms with E-state index in [4.69, 9.17) is 5.73 Å². The highest BCUT2D eigenvalue weighted by atomic mass is 32.2. The Bertz CT molecular complexity index is 646. The van der Waals surface area contributed by atoms with E-state index in [0.717, 1.165) is 28.9 Å². The number of fused-ring (bicyclic) bond motifs is 1. The molecule has 2 atom stereocenters. The summed E-state index contributed by atoms with van der Waals surface area (Å²) < 4.78 is 0. The van der Waals surface area contributed by atoms with Gasteiger partial charge in [0.15, 0.2) is 5.82 Å². The first kappa shape index (κ1) is 21.0. The molecule has 0 aromatic carbocycles. The largest absolute Gasteiger partial charge is 0.393 e. The quantitative estimate of drug-likeness (QED) is 0.398. The van der Waals surface area contributed by atoms with Crippen LogP contribution in [0.4, 0.5) is 5.82 Å². The number of thioether (sulfide) groups is 1. The highest BCUT2D eigenvalue weighted by Gasteiger charge is 2.15. The molecule has 0 amide bonds. The van der Waals surface area contributed by atoms with Crippen LogP contribution in [0, 0.1) is 5.92 Å². The van der Waals surface area contributed by atoms with Crippen molar-refractivity contribution in [2.75, 3.05) is 23.8 Å². The maximum absolute atomic E-state index is 10.1. The zero-order chi connectivity index (χ0) is 18.8. The minimum Gasteiger partial charge on any atom is -0.393 e. The number of rotatable bonds is 13. The van der Waals surface area contributed by atoms with Crippen LogP contribution in [-0.4, -0.2) is 44.2 Å². The first-order valence-corrected chi connectivity index (χ1v) is 10.8. The lowest BCUT2D eigenvalue weighted by Gasteiger charge is -2.20. The third-order valence-corrected chi connectivity index (χ3v) is 5.94. The summed E-state index contributed by atoms with van der Waals surface area (Å²) in [6.07, 6.45) is 9.68. The summed E-state index contributed by atoms with van der Waals surface area (Å²) in [5, 5.41) is 13.5. The van der Waals surface area contributed by atoms with Crippen LogP contribution < -0.4 is 11.1 Å². The summed E-state index contributed by atoms with van der Waals surface area (Å²) in [5.41, 5.74) is 8.57. The Morgan fingerprint density at radius 3 is 2.85 bits per heavy atom. The molecule has 2 rings (SSSR count). The van der Waals surface area contributed by atoms with Crippen molar-refractivity contribution in [3.8, 4) is 0 Å². The highest BCUT2D eigenvalue weighted by molar-refractivity contribution is 7.99. The standard InChI is InChI=1S/C19H33N5OS/c1-3-4-5-6-7-8-26-12-16(14(2)25)10-21-9-15-11-22-18-17(15)23-13-24-19(18)20/h11,13-14,16,21-22,25H,3-10,12H2,1-2H3,(H2,20,23,24)/t14-,16-/m1/s1. The number of nitrogen functional groups attached to an aromatic ring is 1.